The maximum Gasteiger partial charge on any atom is 0.450 e. The summed E-state index contributed by atoms with van der Waals surface area (Å²) in [4.78, 5) is 3.78. The first-order valence-electron chi connectivity index (χ1n) is 7.14. The molecule has 0 aliphatic heterocycles. The smallest absolute Gasteiger partial charge is 0.450 e. The molecule has 0 radical (unpaired) electrons. The van der Waals surface area contributed by atoms with Crippen molar-refractivity contribution < 1.29 is 22.6 Å². The highest BCUT2D eigenvalue weighted by Gasteiger charge is 2.38. The Labute approximate surface area is 136 Å². The highest BCUT2D eigenvalue weighted by Crippen LogP contribution is 2.36. The molecular formula is C17H15F3N2O2. The lowest BCUT2D eigenvalue weighted by atomic mass is 10.1. The molecule has 0 spiro atoms. The van der Waals surface area contributed by atoms with Gasteiger partial charge in [0.2, 0.25) is 5.82 Å². The van der Waals surface area contributed by atoms with Crippen LogP contribution >= 0.6 is 0 Å². The van der Waals surface area contributed by atoms with Gasteiger partial charge in [-0.3, -0.25) is 4.57 Å². The summed E-state index contributed by atoms with van der Waals surface area (Å²) in [6.07, 6.45) is -4.58. The number of alkyl halides is 3. The van der Waals surface area contributed by atoms with Crippen LogP contribution in [0.15, 0.2) is 36.4 Å². The lowest BCUT2D eigenvalue weighted by Gasteiger charge is -2.14. The van der Waals surface area contributed by atoms with Crippen LogP contribution < -0.4 is 9.47 Å². The molecule has 0 amide bonds. The SMILES string of the molecule is COc1ccc(-n2c(C(F)(F)F)nc3cc(OC)ccc32)c(C)c1. The van der Waals surface area contributed by atoms with E-state index in [1.165, 1.54) is 20.3 Å². The Bertz CT molecular complexity index is 901. The van der Waals surface area contributed by atoms with Gasteiger partial charge in [-0.2, -0.15) is 13.2 Å². The molecule has 0 aliphatic rings. The van der Waals surface area contributed by atoms with E-state index in [4.69, 9.17) is 9.47 Å². The van der Waals surface area contributed by atoms with Crippen molar-refractivity contribution in [3.8, 4) is 17.2 Å². The van der Waals surface area contributed by atoms with Crippen molar-refractivity contribution in [2.75, 3.05) is 14.2 Å². The molecule has 0 atom stereocenters. The number of hydrogen-bond acceptors (Lipinski definition) is 3. The zero-order valence-corrected chi connectivity index (χ0v) is 13.3. The van der Waals surface area contributed by atoms with Gasteiger partial charge in [0.1, 0.15) is 11.5 Å². The molecule has 126 valence electrons. The Morgan fingerprint density at radius 3 is 2.17 bits per heavy atom. The Balaban J connectivity index is 2.33. The summed E-state index contributed by atoms with van der Waals surface area (Å²) in [6, 6.07) is 9.57. The lowest BCUT2D eigenvalue weighted by Crippen LogP contribution is -2.14. The van der Waals surface area contributed by atoms with E-state index in [2.05, 4.69) is 4.98 Å². The Hall–Kier alpha value is -2.70. The number of imidazole rings is 1. The van der Waals surface area contributed by atoms with Crippen molar-refractivity contribution in [1.29, 1.82) is 0 Å². The molecule has 0 unspecified atom stereocenters. The molecule has 24 heavy (non-hydrogen) atoms. The fraction of sp³-hybridized carbons (Fsp3) is 0.235. The maximum absolute atomic E-state index is 13.5. The Kier molecular flexibility index (Phi) is 3.87. The monoisotopic (exact) mass is 336 g/mol. The number of halogens is 3. The normalized spacial score (nSPS) is 11.8. The average molecular weight is 336 g/mol. The van der Waals surface area contributed by atoms with Crippen LogP contribution in [0.3, 0.4) is 0 Å². The summed E-state index contributed by atoms with van der Waals surface area (Å²) in [5.74, 6) is 0.0576. The second-order valence-electron chi connectivity index (χ2n) is 5.28. The minimum absolute atomic E-state index is 0.219. The van der Waals surface area contributed by atoms with Crippen molar-refractivity contribution in [3.63, 3.8) is 0 Å². The Morgan fingerprint density at radius 2 is 1.58 bits per heavy atom. The van der Waals surface area contributed by atoms with Crippen LogP contribution in [0.2, 0.25) is 0 Å². The quantitative estimate of drug-likeness (QED) is 0.712. The molecule has 1 heterocycles. The minimum Gasteiger partial charge on any atom is -0.497 e. The van der Waals surface area contributed by atoms with Gasteiger partial charge in [0, 0.05) is 6.07 Å². The summed E-state index contributed by atoms with van der Waals surface area (Å²) in [5, 5.41) is 0. The first kappa shape index (κ1) is 16.2. The van der Waals surface area contributed by atoms with Gasteiger partial charge in [-0.05, 0) is 42.8 Å². The van der Waals surface area contributed by atoms with Gasteiger partial charge in [0.25, 0.3) is 0 Å². The summed E-state index contributed by atoms with van der Waals surface area (Å²) in [5.41, 5.74) is 1.62. The van der Waals surface area contributed by atoms with E-state index < -0.39 is 12.0 Å². The van der Waals surface area contributed by atoms with Gasteiger partial charge >= 0.3 is 6.18 Å². The molecule has 0 bridgehead atoms. The van der Waals surface area contributed by atoms with Gasteiger partial charge < -0.3 is 9.47 Å². The first-order chi connectivity index (χ1) is 11.3. The molecule has 0 N–H and O–H groups in total. The molecule has 3 rings (SSSR count). The summed E-state index contributed by atoms with van der Waals surface area (Å²) < 4.78 is 51.8. The van der Waals surface area contributed by atoms with Gasteiger partial charge in [0.05, 0.1) is 30.9 Å². The second-order valence-corrected chi connectivity index (χ2v) is 5.28. The number of fused-ring (bicyclic) bond motifs is 1. The number of aryl methyl sites for hydroxylation is 1. The maximum atomic E-state index is 13.5. The number of hydrogen-bond donors (Lipinski definition) is 0. The molecular weight excluding hydrogens is 321 g/mol. The predicted molar refractivity (Wildman–Crippen MR) is 83.9 cm³/mol. The van der Waals surface area contributed by atoms with Crippen LogP contribution in [0.1, 0.15) is 11.4 Å². The molecule has 0 fully saturated rings. The van der Waals surface area contributed by atoms with Crippen LogP contribution in [0.25, 0.3) is 16.7 Å². The minimum atomic E-state index is -4.58. The molecule has 0 aliphatic carbocycles. The number of methoxy groups -OCH3 is 2. The van der Waals surface area contributed by atoms with Crippen molar-refractivity contribution in [2.45, 2.75) is 13.1 Å². The zero-order chi connectivity index (χ0) is 17.5. The first-order valence-corrected chi connectivity index (χ1v) is 7.14. The van der Waals surface area contributed by atoms with E-state index in [0.29, 0.717) is 28.3 Å². The van der Waals surface area contributed by atoms with Gasteiger partial charge in [-0.25, -0.2) is 4.98 Å². The number of ether oxygens (including phenoxy) is 2. The number of nitrogens with zero attached hydrogens (tertiary/aromatic N) is 2. The van der Waals surface area contributed by atoms with Crippen molar-refractivity contribution in [1.82, 2.24) is 9.55 Å². The van der Waals surface area contributed by atoms with E-state index >= 15 is 0 Å². The standard InChI is InChI=1S/C17H15F3N2O2/c1-10-8-11(23-2)4-6-14(10)22-15-7-5-12(24-3)9-13(15)21-16(22)17(18,19)20/h4-9H,1-3H3. The van der Waals surface area contributed by atoms with Gasteiger partial charge in [-0.1, -0.05) is 0 Å². The summed E-state index contributed by atoms with van der Waals surface area (Å²) in [7, 11) is 2.96. The van der Waals surface area contributed by atoms with E-state index in [9.17, 15) is 13.2 Å². The van der Waals surface area contributed by atoms with Crippen LogP contribution in [0, 0.1) is 6.92 Å². The topological polar surface area (TPSA) is 36.3 Å². The molecule has 0 saturated carbocycles. The predicted octanol–water partition coefficient (Wildman–Crippen LogP) is 4.37. The highest BCUT2D eigenvalue weighted by molar-refractivity contribution is 5.80. The second kappa shape index (κ2) is 5.74. The van der Waals surface area contributed by atoms with Crippen LogP contribution in [-0.2, 0) is 6.18 Å². The molecule has 7 heteroatoms. The number of rotatable bonds is 3. The van der Waals surface area contributed by atoms with E-state index in [0.717, 1.165) is 4.57 Å². The fourth-order valence-electron chi connectivity index (χ4n) is 2.63. The molecule has 2 aromatic carbocycles. The number of benzene rings is 2. The van der Waals surface area contributed by atoms with Crippen molar-refractivity contribution in [2.24, 2.45) is 0 Å². The summed E-state index contributed by atoms with van der Waals surface area (Å²) >= 11 is 0. The van der Waals surface area contributed by atoms with Gasteiger partial charge in [0.15, 0.2) is 0 Å². The fourth-order valence-corrected chi connectivity index (χ4v) is 2.63. The van der Waals surface area contributed by atoms with E-state index in [-0.39, 0.29) is 5.52 Å². The van der Waals surface area contributed by atoms with Crippen LogP contribution in [0.4, 0.5) is 13.2 Å². The van der Waals surface area contributed by atoms with Crippen LogP contribution in [0.5, 0.6) is 11.5 Å². The van der Waals surface area contributed by atoms with Crippen LogP contribution in [-0.4, -0.2) is 23.8 Å². The molecule has 3 aromatic rings. The third-order valence-corrected chi connectivity index (χ3v) is 3.76. The van der Waals surface area contributed by atoms with E-state index in [1.807, 2.05) is 0 Å². The average Bonchev–Trinajstić information content (AvgIpc) is 2.93. The Morgan fingerprint density at radius 1 is 0.958 bits per heavy atom. The highest BCUT2D eigenvalue weighted by atomic mass is 19.4. The zero-order valence-electron chi connectivity index (χ0n) is 13.3. The molecule has 0 saturated heterocycles. The van der Waals surface area contributed by atoms with Crippen molar-refractivity contribution in [3.05, 3.63) is 47.8 Å². The molecule has 4 nitrogen and oxygen atoms in total. The third-order valence-electron chi connectivity index (χ3n) is 3.76. The van der Waals surface area contributed by atoms with E-state index in [1.54, 1.807) is 37.3 Å². The van der Waals surface area contributed by atoms with Crippen molar-refractivity contribution >= 4 is 11.0 Å². The van der Waals surface area contributed by atoms with Gasteiger partial charge in [-0.15, -0.1) is 0 Å². The largest absolute Gasteiger partial charge is 0.497 e. The number of aromatic nitrogens is 2. The molecule has 1 aromatic heterocycles. The lowest BCUT2D eigenvalue weighted by molar-refractivity contribution is -0.145. The third kappa shape index (κ3) is 2.66. The summed E-state index contributed by atoms with van der Waals surface area (Å²) in [6.45, 7) is 1.73.